The van der Waals surface area contributed by atoms with Gasteiger partial charge in [-0.3, -0.25) is 4.98 Å². The Morgan fingerprint density at radius 2 is 1.91 bits per heavy atom. The molecule has 0 unspecified atom stereocenters. The smallest absolute Gasteiger partial charge is 0.410 e. The van der Waals surface area contributed by atoms with E-state index < -0.39 is 0 Å². The Morgan fingerprint density at radius 3 is 2.67 bits per heavy atom. The first-order valence-corrected chi connectivity index (χ1v) is 16.1. The van der Waals surface area contributed by atoms with Crippen molar-refractivity contribution in [2.75, 3.05) is 18.4 Å². The maximum absolute atomic E-state index is 13.5. The van der Waals surface area contributed by atoms with E-state index in [1.807, 2.05) is 37.4 Å². The Kier molecular flexibility index (Phi) is 10.0. The Morgan fingerprint density at radius 1 is 1.12 bits per heavy atom. The van der Waals surface area contributed by atoms with Gasteiger partial charge in [-0.05, 0) is 68.5 Å². The van der Waals surface area contributed by atoms with Gasteiger partial charge in [0.2, 0.25) is 0 Å². The summed E-state index contributed by atoms with van der Waals surface area (Å²) in [7, 11) is 0. The van der Waals surface area contributed by atoms with Crippen molar-refractivity contribution in [3.63, 3.8) is 0 Å². The van der Waals surface area contributed by atoms with Crippen molar-refractivity contribution in [3.8, 4) is 11.5 Å². The maximum Gasteiger partial charge on any atom is 0.410 e. The number of pyridine rings is 2. The number of nitrogens with zero attached hydrogens (tertiary/aromatic N) is 4. The van der Waals surface area contributed by atoms with Crippen LogP contribution < -0.4 is 10.1 Å². The van der Waals surface area contributed by atoms with E-state index >= 15 is 0 Å². The molecule has 8 nitrogen and oxygen atoms in total. The van der Waals surface area contributed by atoms with Gasteiger partial charge >= 0.3 is 6.09 Å². The van der Waals surface area contributed by atoms with Crippen molar-refractivity contribution < 1.29 is 18.7 Å². The fraction of sp³-hybridized carbons (Fsp3) is 0.267. The lowest BCUT2D eigenvalue weighted by Gasteiger charge is -2.31. The molecule has 0 aliphatic carbocycles. The van der Waals surface area contributed by atoms with Gasteiger partial charge in [0.05, 0.1) is 22.0 Å². The second-order valence-electron chi connectivity index (χ2n) is 10.0. The third-order valence-electron chi connectivity index (χ3n) is 6.66. The number of likely N-dealkylation sites (tertiary alicyclic amines) is 1. The molecule has 1 saturated heterocycles. The van der Waals surface area contributed by atoms with Gasteiger partial charge in [0, 0.05) is 52.6 Å². The number of fused-ring (bicyclic) bond motifs is 1. The standard InChI is InChI=1S/C30H28FN5O3S3.ClH/c1-18(2)38-30(37)36-12-8-19(9-13-36)24-17-41-29(34-24)35-28-25(39-21-5-3-20(31)4-6-21)15-22(16-33-28)42-26-7-11-32-23-10-14-40-27(23)26;/h3-7,10-11,14-19H,8-9,12-13H2,1-2H3,(H,33,34,35);1H. The molecular formula is C30H29ClFN5O3S3. The molecule has 1 amide bonds. The molecule has 0 saturated carbocycles. The van der Waals surface area contributed by atoms with Crippen molar-refractivity contribution in [1.82, 2.24) is 19.9 Å². The van der Waals surface area contributed by atoms with E-state index in [9.17, 15) is 9.18 Å². The number of piperidine rings is 1. The number of nitrogens with one attached hydrogen (secondary N) is 1. The van der Waals surface area contributed by atoms with Gasteiger partial charge in [-0.15, -0.1) is 35.1 Å². The monoisotopic (exact) mass is 657 g/mol. The van der Waals surface area contributed by atoms with Gasteiger partial charge in [-0.1, -0.05) is 11.8 Å². The van der Waals surface area contributed by atoms with Gasteiger partial charge in [-0.2, -0.15) is 0 Å². The predicted molar refractivity (Wildman–Crippen MR) is 172 cm³/mol. The fourth-order valence-electron chi connectivity index (χ4n) is 4.61. The van der Waals surface area contributed by atoms with E-state index in [4.69, 9.17) is 19.4 Å². The molecule has 1 fully saturated rings. The van der Waals surface area contributed by atoms with Crippen LogP contribution in [0.15, 0.2) is 75.4 Å². The first-order valence-electron chi connectivity index (χ1n) is 13.5. The van der Waals surface area contributed by atoms with Crippen LogP contribution >= 0.6 is 46.8 Å². The van der Waals surface area contributed by atoms with Crippen LogP contribution in [0.5, 0.6) is 11.5 Å². The summed E-state index contributed by atoms with van der Waals surface area (Å²) in [4.78, 5) is 29.9. The molecule has 43 heavy (non-hydrogen) atoms. The third kappa shape index (κ3) is 7.56. The molecule has 0 spiro atoms. The molecule has 5 aromatic rings. The molecule has 0 bridgehead atoms. The summed E-state index contributed by atoms with van der Waals surface area (Å²) in [6.45, 7) is 4.99. The summed E-state index contributed by atoms with van der Waals surface area (Å²) in [5.41, 5.74) is 1.95. The van der Waals surface area contributed by atoms with Crippen LogP contribution in [-0.2, 0) is 4.74 Å². The van der Waals surface area contributed by atoms with E-state index in [1.54, 1.807) is 52.5 Å². The molecule has 5 heterocycles. The minimum Gasteiger partial charge on any atom is -0.453 e. The third-order valence-corrected chi connectivity index (χ3v) is 9.52. The average Bonchev–Trinajstić information content (AvgIpc) is 3.66. The van der Waals surface area contributed by atoms with Crippen molar-refractivity contribution in [3.05, 3.63) is 77.1 Å². The number of thiophene rings is 1. The van der Waals surface area contributed by atoms with E-state index in [2.05, 4.69) is 15.7 Å². The van der Waals surface area contributed by atoms with Crippen LogP contribution in [0.2, 0.25) is 0 Å². The highest BCUT2D eigenvalue weighted by Gasteiger charge is 2.27. The second-order valence-corrected chi connectivity index (χ2v) is 12.9. The second kappa shape index (κ2) is 13.9. The largest absolute Gasteiger partial charge is 0.453 e. The lowest BCUT2D eigenvalue weighted by molar-refractivity contribution is 0.0690. The number of hydrogen-bond acceptors (Lipinski definition) is 10. The fourth-order valence-corrected chi connectivity index (χ4v) is 7.28. The molecule has 1 N–H and O–H groups in total. The highest BCUT2D eigenvalue weighted by molar-refractivity contribution is 7.99. The number of aromatic nitrogens is 3. The summed E-state index contributed by atoms with van der Waals surface area (Å²) in [6, 6.07) is 11.8. The number of ether oxygens (including phenoxy) is 2. The van der Waals surface area contributed by atoms with E-state index in [0.717, 1.165) is 38.5 Å². The molecule has 4 aromatic heterocycles. The number of anilines is 2. The number of benzene rings is 1. The molecule has 0 radical (unpaired) electrons. The molecule has 1 aliphatic rings. The SMILES string of the molecule is CC(C)OC(=O)N1CCC(c2csc(Nc3ncc(Sc4ccnc5ccsc45)cc3Oc3ccc(F)cc3)n2)CC1.Cl. The van der Waals surface area contributed by atoms with Crippen LogP contribution in [0.4, 0.5) is 20.1 Å². The molecule has 1 aliphatic heterocycles. The Bertz CT molecular complexity index is 1690. The van der Waals surface area contributed by atoms with Crippen molar-refractivity contribution in [1.29, 1.82) is 0 Å². The first kappa shape index (κ1) is 31.0. The van der Waals surface area contributed by atoms with Crippen molar-refractivity contribution >= 4 is 74.1 Å². The molecule has 13 heteroatoms. The lowest BCUT2D eigenvalue weighted by atomic mass is 9.94. The normalized spacial score (nSPS) is 13.6. The molecule has 0 atom stereocenters. The average molecular weight is 658 g/mol. The summed E-state index contributed by atoms with van der Waals surface area (Å²) in [5.74, 6) is 1.42. The number of rotatable bonds is 8. The predicted octanol–water partition coefficient (Wildman–Crippen LogP) is 9.12. The van der Waals surface area contributed by atoms with Gasteiger partial charge in [0.15, 0.2) is 16.7 Å². The maximum atomic E-state index is 13.5. The van der Waals surface area contributed by atoms with Gasteiger partial charge in [0.25, 0.3) is 0 Å². The van der Waals surface area contributed by atoms with E-state index in [0.29, 0.717) is 35.5 Å². The Balaban J connectivity index is 0.00000368. The van der Waals surface area contributed by atoms with Crippen LogP contribution in [0.3, 0.4) is 0 Å². The van der Waals surface area contributed by atoms with Crippen LogP contribution in [0, 0.1) is 5.82 Å². The molecule has 6 rings (SSSR count). The highest BCUT2D eigenvalue weighted by atomic mass is 35.5. The van der Waals surface area contributed by atoms with E-state index in [-0.39, 0.29) is 36.3 Å². The summed E-state index contributed by atoms with van der Waals surface area (Å²) < 4.78 is 26.2. The Hall–Kier alpha value is -3.45. The number of hydrogen-bond donors (Lipinski definition) is 1. The van der Waals surface area contributed by atoms with Crippen LogP contribution in [0.1, 0.15) is 38.3 Å². The zero-order valence-electron chi connectivity index (χ0n) is 23.4. The van der Waals surface area contributed by atoms with Crippen LogP contribution in [-0.4, -0.2) is 45.1 Å². The summed E-state index contributed by atoms with van der Waals surface area (Å²) >= 11 is 4.73. The van der Waals surface area contributed by atoms with E-state index in [1.165, 1.54) is 23.5 Å². The topological polar surface area (TPSA) is 89.5 Å². The zero-order valence-corrected chi connectivity index (χ0v) is 26.6. The van der Waals surface area contributed by atoms with Crippen molar-refractivity contribution in [2.24, 2.45) is 0 Å². The zero-order chi connectivity index (χ0) is 29.1. The molecule has 224 valence electrons. The minimum atomic E-state index is -0.334. The summed E-state index contributed by atoms with van der Waals surface area (Å²) in [5, 5.41) is 8.10. The quantitative estimate of drug-likeness (QED) is 0.177. The van der Waals surface area contributed by atoms with Crippen molar-refractivity contribution in [2.45, 2.75) is 48.5 Å². The van der Waals surface area contributed by atoms with Gasteiger partial charge in [0.1, 0.15) is 11.6 Å². The first-order chi connectivity index (χ1) is 20.4. The number of halogens is 2. The number of thiazole rings is 1. The number of carbonyl (C=O) groups excluding carboxylic acids is 1. The molecular weight excluding hydrogens is 629 g/mol. The van der Waals surface area contributed by atoms with Crippen LogP contribution in [0.25, 0.3) is 10.2 Å². The minimum absolute atomic E-state index is 0. The highest BCUT2D eigenvalue weighted by Crippen LogP contribution is 2.40. The van der Waals surface area contributed by atoms with Gasteiger partial charge < -0.3 is 19.7 Å². The Labute approximate surface area is 267 Å². The molecule has 1 aromatic carbocycles. The van der Waals surface area contributed by atoms with Gasteiger partial charge in [-0.25, -0.2) is 19.2 Å². The lowest BCUT2D eigenvalue weighted by Crippen LogP contribution is -2.39. The number of amides is 1. The summed E-state index contributed by atoms with van der Waals surface area (Å²) in [6.07, 6.45) is 4.86. The number of carbonyl (C=O) groups is 1.